The van der Waals surface area contributed by atoms with Gasteiger partial charge in [-0.25, -0.2) is 4.39 Å². The Morgan fingerprint density at radius 3 is 2.39 bits per heavy atom. The molecule has 0 bridgehead atoms. The molecular weight excluding hydrogens is 431 g/mol. The van der Waals surface area contributed by atoms with E-state index in [0.717, 1.165) is 0 Å². The Balaban J connectivity index is 1.46. The first-order valence-electron chi connectivity index (χ1n) is 10.4. The number of halogens is 1. The maximum absolute atomic E-state index is 14.3. The normalized spacial score (nSPS) is 22.5. The molecule has 1 unspecified atom stereocenters. The predicted octanol–water partition coefficient (Wildman–Crippen LogP) is 3.23. The number of benzene rings is 3. The third-order valence-corrected chi connectivity index (χ3v) is 5.18. The van der Waals surface area contributed by atoms with Crippen molar-refractivity contribution in [1.82, 2.24) is 0 Å². The summed E-state index contributed by atoms with van der Waals surface area (Å²) >= 11 is 0. The van der Waals surface area contributed by atoms with Gasteiger partial charge in [-0.1, -0.05) is 12.1 Å². The van der Waals surface area contributed by atoms with Crippen LogP contribution in [0.4, 0.5) is 27.1 Å². The zero-order chi connectivity index (χ0) is 23.4. The van der Waals surface area contributed by atoms with E-state index in [9.17, 15) is 24.8 Å². The Bertz CT molecular complexity index is 1100. The molecule has 4 atom stereocenters. The van der Waals surface area contributed by atoms with Gasteiger partial charge in [-0.3, -0.25) is 0 Å². The van der Waals surface area contributed by atoms with Crippen molar-refractivity contribution >= 4 is 22.7 Å². The molecule has 1 aliphatic rings. The zero-order valence-electron chi connectivity index (χ0n) is 17.6. The predicted molar refractivity (Wildman–Crippen MR) is 121 cm³/mol. The second-order valence-corrected chi connectivity index (χ2v) is 7.74. The molecule has 6 N–H and O–H groups in total. The van der Waals surface area contributed by atoms with E-state index in [-0.39, 0.29) is 17.9 Å². The van der Waals surface area contributed by atoms with Gasteiger partial charge < -0.3 is 40.5 Å². The van der Waals surface area contributed by atoms with E-state index in [1.807, 2.05) is 0 Å². The van der Waals surface area contributed by atoms with E-state index in [4.69, 9.17) is 9.47 Å². The highest BCUT2D eigenvalue weighted by Gasteiger charge is 2.37. The average Bonchev–Trinajstić information content (AvgIpc) is 2.78. The molecule has 1 fully saturated rings. The van der Waals surface area contributed by atoms with Crippen molar-refractivity contribution in [2.75, 3.05) is 17.2 Å². The number of anilines is 4. The largest absolute Gasteiger partial charge is 0.508 e. The summed E-state index contributed by atoms with van der Waals surface area (Å²) in [6.45, 7) is -0.390. The van der Waals surface area contributed by atoms with E-state index < -0.39 is 37.0 Å². The van der Waals surface area contributed by atoms with Gasteiger partial charge in [-0.2, -0.15) is 0 Å². The van der Waals surface area contributed by atoms with Crippen molar-refractivity contribution in [1.29, 1.82) is 0 Å². The van der Waals surface area contributed by atoms with Crippen LogP contribution in [0.1, 0.15) is 6.42 Å². The smallest absolute Gasteiger partial charge is 0.226 e. The molecule has 0 amide bonds. The van der Waals surface area contributed by atoms with E-state index >= 15 is 0 Å². The maximum Gasteiger partial charge on any atom is 0.226 e. The topological polar surface area (TPSA) is 123 Å². The SMILES string of the molecule is OC[C@H]1OC(Oc2cccc(Nc3ccc(F)c(Nc4cccc(O)c4)c3)c2)[C@H](O)C[C@@H]1O. The van der Waals surface area contributed by atoms with Crippen molar-refractivity contribution < 1.29 is 34.3 Å². The Labute approximate surface area is 189 Å². The molecule has 9 heteroatoms. The van der Waals surface area contributed by atoms with Crippen LogP contribution in [-0.4, -0.2) is 51.6 Å². The third kappa shape index (κ3) is 5.71. The lowest BCUT2D eigenvalue weighted by Crippen LogP contribution is -2.50. The highest BCUT2D eigenvalue weighted by Crippen LogP contribution is 2.29. The number of ether oxygens (including phenoxy) is 2. The second kappa shape index (κ2) is 10.1. The zero-order valence-corrected chi connectivity index (χ0v) is 17.6. The summed E-state index contributed by atoms with van der Waals surface area (Å²) in [6, 6.07) is 17.8. The molecule has 1 heterocycles. The summed E-state index contributed by atoms with van der Waals surface area (Å²) < 4.78 is 25.5. The summed E-state index contributed by atoms with van der Waals surface area (Å²) in [7, 11) is 0. The van der Waals surface area contributed by atoms with Crippen LogP contribution in [0.25, 0.3) is 0 Å². The van der Waals surface area contributed by atoms with Gasteiger partial charge in [0.15, 0.2) is 0 Å². The Morgan fingerprint density at radius 1 is 0.909 bits per heavy atom. The van der Waals surface area contributed by atoms with E-state index in [2.05, 4.69) is 10.6 Å². The van der Waals surface area contributed by atoms with Crippen LogP contribution in [0, 0.1) is 5.82 Å². The Kier molecular flexibility index (Phi) is 6.95. The molecule has 8 nitrogen and oxygen atoms in total. The van der Waals surface area contributed by atoms with Gasteiger partial charge in [0.25, 0.3) is 0 Å². The minimum absolute atomic E-state index is 0.0262. The number of hydrogen-bond donors (Lipinski definition) is 6. The van der Waals surface area contributed by atoms with Crippen molar-refractivity contribution in [3.05, 3.63) is 72.5 Å². The highest BCUT2D eigenvalue weighted by molar-refractivity contribution is 5.69. The summed E-state index contributed by atoms with van der Waals surface area (Å²) in [4.78, 5) is 0. The molecule has 174 valence electrons. The molecule has 0 saturated carbocycles. The molecule has 0 spiro atoms. The number of phenols is 1. The van der Waals surface area contributed by atoms with Gasteiger partial charge >= 0.3 is 0 Å². The monoisotopic (exact) mass is 456 g/mol. The molecule has 33 heavy (non-hydrogen) atoms. The van der Waals surface area contributed by atoms with Crippen LogP contribution in [-0.2, 0) is 4.74 Å². The van der Waals surface area contributed by atoms with Gasteiger partial charge in [-0.05, 0) is 42.5 Å². The highest BCUT2D eigenvalue weighted by atomic mass is 19.1. The number of phenolic OH excluding ortho intramolecular Hbond substituents is 1. The molecule has 3 aromatic carbocycles. The minimum atomic E-state index is -1.05. The Morgan fingerprint density at radius 2 is 1.64 bits per heavy atom. The molecule has 1 aliphatic heterocycles. The second-order valence-electron chi connectivity index (χ2n) is 7.74. The molecule has 1 saturated heterocycles. The lowest BCUT2D eigenvalue weighted by atomic mass is 10.0. The van der Waals surface area contributed by atoms with Crippen molar-refractivity contribution in [3.8, 4) is 11.5 Å². The first-order chi connectivity index (χ1) is 15.9. The lowest BCUT2D eigenvalue weighted by molar-refractivity contribution is -0.240. The molecule has 4 rings (SSSR count). The van der Waals surface area contributed by atoms with Crippen LogP contribution in [0.3, 0.4) is 0 Å². The standard InChI is InChI=1S/C24H25FN2O6/c25-19-8-7-16(11-20(19)27-14-3-1-5-17(29)9-14)26-15-4-2-6-18(10-15)32-24-22(31)12-21(30)23(13-28)33-24/h1-11,21-24,26-31H,12-13H2/t21-,22+,23+,24?/m0/s1. The number of rotatable bonds is 7. The number of aromatic hydroxyl groups is 1. The van der Waals surface area contributed by atoms with Crippen LogP contribution < -0.4 is 15.4 Å². The number of hydrogen-bond acceptors (Lipinski definition) is 8. The fourth-order valence-electron chi connectivity index (χ4n) is 3.52. The van der Waals surface area contributed by atoms with Crippen molar-refractivity contribution in [2.24, 2.45) is 0 Å². The number of nitrogens with one attached hydrogen (secondary N) is 2. The van der Waals surface area contributed by atoms with Gasteiger partial charge in [-0.15, -0.1) is 0 Å². The number of aliphatic hydroxyl groups is 3. The van der Waals surface area contributed by atoms with Crippen molar-refractivity contribution in [2.45, 2.75) is 31.0 Å². The maximum atomic E-state index is 14.3. The average molecular weight is 456 g/mol. The van der Waals surface area contributed by atoms with Gasteiger partial charge in [0.2, 0.25) is 6.29 Å². The Hall–Kier alpha value is -3.37. The van der Waals surface area contributed by atoms with Crippen LogP contribution in [0.2, 0.25) is 0 Å². The van der Waals surface area contributed by atoms with E-state index in [1.54, 1.807) is 48.5 Å². The van der Waals surface area contributed by atoms with Gasteiger partial charge in [0.1, 0.15) is 29.5 Å². The fourth-order valence-corrected chi connectivity index (χ4v) is 3.52. The summed E-state index contributed by atoms with van der Waals surface area (Å²) in [5, 5.41) is 45.0. The molecule has 0 aliphatic carbocycles. The van der Waals surface area contributed by atoms with Crippen LogP contribution in [0.15, 0.2) is 66.7 Å². The van der Waals surface area contributed by atoms with Crippen LogP contribution in [0.5, 0.6) is 11.5 Å². The van der Waals surface area contributed by atoms with E-state index in [0.29, 0.717) is 22.8 Å². The fraction of sp³-hybridized carbons (Fsp3) is 0.250. The lowest BCUT2D eigenvalue weighted by Gasteiger charge is -2.36. The molecule has 0 aromatic heterocycles. The summed E-state index contributed by atoms with van der Waals surface area (Å²) in [5.41, 5.74) is 2.02. The van der Waals surface area contributed by atoms with Crippen LogP contribution >= 0.6 is 0 Å². The third-order valence-electron chi connectivity index (χ3n) is 5.18. The first kappa shape index (κ1) is 22.8. The van der Waals surface area contributed by atoms with Crippen molar-refractivity contribution in [3.63, 3.8) is 0 Å². The summed E-state index contributed by atoms with van der Waals surface area (Å²) in [6.07, 6.45) is -3.87. The first-order valence-corrected chi connectivity index (χ1v) is 10.4. The van der Waals surface area contributed by atoms with E-state index in [1.165, 1.54) is 18.2 Å². The quantitative estimate of drug-likeness (QED) is 0.320. The molecule has 3 aromatic rings. The molecule has 0 radical (unpaired) electrons. The summed E-state index contributed by atoms with van der Waals surface area (Å²) in [5.74, 6) is 0.0146. The number of aliphatic hydroxyl groups excluding tert-OH is 3. The van der Waals surface area contributed by atoms with Gasteiger partial charge in [0, 0.05) is 35.6 Å². The van der Waals surface area contributed by atoms with Gasteiger partial charge in [0.05, 0.1) is 18.4 Å². The minimum Gasteiger partial charge on any atom is -0.508 e. The molecular formula is C24H25FN2O6.